The zero-order valence-electron chi connectivity index (χ0n) is 11.1. The number of pyridine rings is 1. The van der Waals surface area contributed by atoms with Crippen molar-refractivity contribution in [3.05, 3.63) is 18.3 Å². The van der Waals surface area contributed by atoms with Gasteiger partial charge in [-0.1, -0.05) is 0 Å². The molecule has 0 aromatic carbocycles. The van der Waals surface area contributed by atoms with Crippen LogP contribution in [0.25, 0.3) is 0 Å². The van der Waals surface area contributed by atoms with Crippen molar-refractivity contribution in [1.29, 1.82) is 0 Å². The molecule has 1 aromatic heterocycles. The Morgan fingerprint density at radius 3 is 2.75 bits per heavy atom. The quantitative estimate of drug-likeness (QED) is 0.841. The van der Waals surface area contributed by atoms with Crippen molar-refractivity contribution >= 4 is 11.6 Å². The van der Waals surface area contributed by atoms with Crippen LogP contribution in [0.3, 0.4) is 0 Å². The van der Waals surface area contributed by atoms with Crippen molar-refractivity contribution in [3.8, 4) is 5.88 Å². The van der Waals surface area contributed by atoms with E-state index in [-0.39, 0.29) is 12.6 Å². The predicted molar refractivity (Wildman–Crippen MR) is 67.6 cm³/mol. The molecule has 112 valence electrons. The number of nitrogens with one attached hydrogen (secondary N) is 2. The van der Waals surface area contributed by atoms with Crippen molar-refractivity contribution in [3.63, 3.8) is 0 Å². The highest BCUT2D eigenvalue weighted by atomic mass is 19.4. The summed E-state index contributed by atoms with van der Waals surface area (Å²) in [6.45, 7) is 1.98. The van der Waals surface area contributed by atoms with E-state index in [1.165, 1.54) is 6.20 Å². The molecule has 1 rings (SSSR count). The molecule has 0 aliphatic heterocycles. The predicted octanol–water partition coefficient (Wildman–Crippen LogP) is 1.96. The molecule has 1 amide bonds. The van der Waals surface area contributed by atoms with Gasteiger partial charge in [0.05, 0.1) is 18.3 Å². The van der Waals surface area contributed by atoms with Crippen LogP contribution in [0.15, 0.2) is 18.3 Å². The van der Waals surface area contributed by atoms with Crippen LogP contribution in [-0.4, -0.2) is 36.3 Å². The first-order valence-corrected chi connectivity index (χ1v) is 5.97. The monoisotopic (exact) mass is 291 g/mol. The summed E-state index contributed by atoms with van der Waals surface area (Å²) < 4.78 is 41.2. The highest BCUT2D eigenvalue weighted by Crippen LogP contribution is 2.21. The van der Waals surface area contributed by atoms with Crippen LogP contribution in [0.5, 0.6) is 5.88 Å². The third kappa shape index (κ3) is 6.26. The number of ether oxygens (including phenoxy) is 1. The van der Waals surface area contributed by atoms with E-state index >= 15 is 0 Å². The molecule has 0 saturated carbocycles. The SMILES string of the molecule is CC(C)Oc1ncccc1NCC(=O)NCC(F)(F)F. The third-order valence-corrected chi connectivity index (χ3v) is 2.04. The van der Waals surface area contributed by atoms with Crippen molar-refractivity contribution in [2.24, 2.45) is 0 Å². The highest BCUT2D eigenvalue weighted by molar-refractivity contribution is 5.81. The van der Waals surface area contributed by atoms with Crippen LogP contribution in [0, 0.1) is 0 Å². The molecule has 0 saturated heterocycles. The Kier molecular flexibility index (Phi) is 5.60. The minimum absolute atomic E-state index is 0.107. The number of hydrogen-bond donors (Lipinski definition) is 2. The van der Waals surface area contributed by atoms with Crippen LogP contribution in [0.1, 0.15) is 13.8 Å². The minimum atomic E-state index is -4.42. The van der Waals surface area contributed by atoms with Gasteiger partial charge in [0, 0.05) is 6.20 Å². The Bertz CT molecular complexity index is 450. The summed E-state index contributed by atoms with van der Waals surface area (Å²) in [6, 6.07) is 3.25. The van der Waals surface area contributed by atoms with Gasteiger partial charge >= 0.3 is 6.18 Å². The largest absolute Gasteiger partial charge is 0.473 e. The second-order valence-corrected chi connectivity index (χ2v) is 4.27. The molecule has 0 unspecified atom stereocenters. The zero-order valence-corrected chi connectivity index (χ0v) is 11.1. The number of carbonyl (C=O) groups excluding carboxylic acids is 1. The van der Waals surface area contributed by atoms with Gasteiger partial charge in [-0.2, -0.15) is 13.2 Å². The first-order valence-electron chi connectivity index (χ1n) is 5.97. The van der Waals surface area contributed by atoms with Gasteiger partial charge in [0.1, 0.15) is 6.54 Å². The van der Waals surface area contributed by atoms with Gasteiger partial charge in [0.2, 0.25) is 11.8 Å². The number of carbonyl (C=O) groups is 1. The number of nitrogens with zero attached hydrogens (tertiary/aromatic N) is 1. The average Bonchev–Trinajstić information content (AvgIpc) is 2.34. The molecule has 0 aliphatic rings. The van der Waals surface area contributed by atoms with E-state index in [0.717, 1.165) is 0 Å². The molecule has 1 heterocycles. The molecule has 0 fully saturated rings. The first-order chi connectivity index (χ1) is 9.28. The molecule has 20 heavy (non-hydrogen) atoms. The second kappa shape index (κ2) is 6.97. The van der Waals surface area contributed by atoms with E-state index in [1.54, 1.807) is 17.4 Å². The summed E-state index contributed by atoms with van der Waals surface area (Å²) >= 11 is 0. The lowest BCUT2D eigenvalue weighted by Gasteiger charge is -2.14. The van der Waals surface area contributed by atoms with Gasteiger partial charge in [-0.15, -0.1) is 0 Å². The van der Waals surface area contributed by atoms with Crippen LogP contribution in [0.4, 0.5) is 18.9 Å². The van der Waals surface area contributed by atoms with E-state index in [9.17, 15) is 18.0 Å². The minimum Gasteiger partial charge on any atom is -0.473 e. The van der Waals surface area contributed by atoms with Gasteiger partial charge in [-0.25, -0.2) is 4.98 Å². The molecule has 0 spiro atoms. The first kappa shape index (κ1) is 16.1. The van der Waals surface area contributed by atoms with Crippen LogP contribution < -0.4 is 15.4 Å². The summed E-state index contributed by atoms with van der Waals surface area (Å²) in [4.78, 5) is 15.2. The fraction of sp³-hybridized carbons (Fsp3) is 0.500. The fourth-order valence-corrected chi connectivity index (χ4v) is 1.28. The molecular weight excluding hydrogens is 275 g/mol. The molecule has 8 heteroatoms. The number of aromatic nitrogens is 1. The average molecular weight is 291 g/mol. The number of halogens is 3. The van der Waals surface area contributed by atoms with E-state index in [2.05, 4.69) is 10.3 Å². The number of alkyl halides is 3. The summed E-state index contributed by atoms with van der Waals surface area (Å²) in [6.07, 6.45) is -3.01. The van der Waals surface area contributed by atoms with E-state index < -0.39 is 18.6 Å². The molecule has 5 nitrogen and oxygen atoms in total. The summed E-state index contributed by atoms with van der Waals surface area (Å²) in [5.41, 5.74) is 0.448. The van der Waals surface area contributed by atoms with Gasteiger partial charge in [0.15, 0.2) is 0 Å². The number of hydrogen-bond acceptors (Lipinski definition) is 4. The van der Waals surface area contributed by atoms with Gasteiger partial charge in [0.25, 0.3) is 0 Å². The fourth-order valence-electron chi connectivity index (χ4n) is 1.28. The summed E-state index contributed by atoms with van der Waals surface area (Å²) in [7, 11) is 0. The summed E-state index contributed by atoms with van der Waals surface area (Å²) in [5, 5.41) is 4.45. The summed E-state index contributed by atoms with van der Waals surface area (Å²) in [5.74, 6) is -0.465. The molecular formula is C12H16F3N3O2. The Morgan fingerprint density at radius 2 is 2.15 bits per heavy atom. The Labute approximate surface area is 114 Å². The molecule has 0 bridgehead atoms. The number of amides is 1. The normalized spacial score (nSPS) is 11.3. The van der Waals surface area contributed by atoms with Crippen molar-refractivity contribution in [2.45, 2.75) is 26.1 Å². The molecule has 1 aromatic rings. The van der Waals surface area contributed by atoms with Crippen LogP contribution in [-0.2, 0) is 4.79 Å². The van der Waals surface area contributed by atoms with Gasteiger partial charge in [-0.3, -0.25) is 4.79 Å². The van der Waals surface area contributed by atoms with Gasteiger partial charge in [-0.05, 0) is 26.0 Å². The maximum atomic E-state index is 11.9. The Morgan fingerprint density at radius 1 is 1.45 bits per heavy atom. The lowest BCUT2D eigenvalue weighted by atomic mass is 10.4. The van der Waals surface area contributed by atoms with Crippen molar-refractivity contribution in [2.75, 3.05) is 18.4 Å². The van der Waals surface area contributed by atoms with E-state index in [0.29, 0.717) is 11.6 Å². The molecule has 0 aliphatic carbocycles. The van der Waals surface area contributed by atoms with E-state index in [4.69, 9.17) is 4.74 Å². The molecule has 0 atom stereocenters. The lowest BCUT2D eigenvalue weighted by molar-refractivity contribution is -0.137. The highest BCUT2D eigenvalue weighted by Gasteiger charge is 2.27. The smallest absolute Gasteiger partial charge is 0.405 e. The molecule has 2 N–H and O–H groups in total. The van der Waals surface area contributed by atoms with Crippen LogP contribution >= 0.6 is 0 Å². The molecule has 0 radical (unpaired) electrons. The lowest BCUT2D eigenvalue weighted by Crippen LogP contribution is -2.37. The van der Waals surface area contributed by atoms with Crippen molar-refractivity contribution in [1.82, 2.24) is 10.3 Å². The van der Waals surface area contributed by atoms with Crippen LogP contribution in [0.2, 0.25) is 0 Å². The van der Waals surface area contributed by atoms with E-state index in [1.807, 2.05) is 13.8 Å². The number of anilines is 1. The maximum absolute atomic E-state index is 11.9. The second-order valence-electron chi connectivity index (χ2n) is 4.27. The Balaban J connectivity index is 2.51. The zero-order chi connectivity index (χ0) is 15.2. The topological polar surface area (TPSA) is 63.2 Å². The van der Waals surface area contributed by atoms with Gasteiger partial charge < -0.3 is 15.4 Å². The standard InChI is InChI=1S/C12H16F3N3O2/c1-8(2)20-11-9(4-3-5-16-11)17-6-10(19)18-7-12(13,14)15/h3-5,8,17H,6-7H2,1-2H3,(H,18,19). The maximum Gasteiger partial charge on any atom is 0.405 e. The Hall–Kier alpha value is -1.99. The third-order valence-electron chi connectivity index (χ3n) is 2.04. The van der Waals surface area contributed by atoms with Crippen molar-refractivity contribution < 1.29 is 22.7 Å². The number of rotatable bonds is 6.